The van der Waals surface area contributed by atoms with Gasteiger partial charge in [-0.15, -0.1) is 0 Å². The number of benzene rings is 3. The fraction of sp³-hybridized carbons (Fsp3) is 0.286. The van der Waals surface area contributed by atoms with Crippen molar-refractivity contribution in [3.8, 4) is 0 Å². The number of halogens is 1. The number of anilines is 1. The molecule has 2 heterocycles. The fourth-order valence-corrected chi connectivity index (χ4v) is 6.12. The molecule has 5 rings (SSSR count). The van der Waals surface area contributed by atoms with Gasteiger partial charge in [0.15, 0.2) is 0 Å². The van der Waals surface area contributed by atoms with Gasteiger partial charge in [0.2, 0.25) is 0 Å². The van der Waals surface area contributed by atoms with Gasteiger partial charge in [-0.05, 0) is 67.9 Å². The van der Waals surface area contributed by atoms with Gasteiger partial charge < -0.3 is 10.2 Å². The maximum atomic E-state index is 13.7. The van der Waals surface area contributed by atoms with Gasteiger partial charge in [0.25, 0.3) is 11.8 Å². The lowest BCUT2D eigenvalue weighted by Crippen LogP contribution is -2.40. The second-order valence-electron chi connectivity index (χ2n) is 8.90. The predicted molar refractivity (Wildman–Crippen MR) is 142 cm³/mol. The zero-order chi connectivity index (χ0) is 24.4. The van der Waals surface area contributed by atoms with E-state index in [2.05, 4.69) is 17.1 Å². The van der Waals surface area contributed by atoms with Crippen LogP contribution >= 0.6 is 23.4 Å². The van der Waals surface area contributed by atoms with Crippen molar-refractivity contribution in [1.82, 2.24) is 10.2 Å². The Morgan fingerprint density at radius 2 is 1.89 bits per heavy atom. The van der Waals surface area contributed by atoms with Crippen LogP contribution in [0, 0.1) is 0 Å². The number of carbonyl (C=O) groups is 2. The van der Waals surface area contributed by atoms with Crippen LogP contribution in [0.15, 0.2) is 76.5 Å². The predicted octanol–water partition coefficient (Wildman–Crippen LogP) is 5.87. The monoisotopic (exact) mass is 505 g/mol. The molecule has 0 aromatic heterocycles. The lowest BCUT2D eigenvalue weighted by molar-refractivity contribution is 0.0938. The van der Waals surface area contributed by atoms with Crippen LogP contribution in [-0.4, -0.2) is 42.4 Å². The molecule has 1 atom stereocenters. The van der Waals surface area contributed by atoms with Crippen molar-refractivity contribution in [1.29, 1.82) is 0 Å². The molecular weight excluding hydrogens is 478 g/mol. The molecule has 7 heteroatoms. The van der Waals surface area contributed by atoms with Crippen LogP contribution in [0.4, 0.5) is 5.69 Å². The van der Waals surface area contributed by atoms with Crippen LogP contribution in [0.2, 0.25) is 5.02 Å². The molecule has 180 valence electrons. The first-order valence-corrected chi connectivity index (χ1v) is 13.2. The van der Waals surface area contributed by atoms with Crippen LogP contribution in [0.25, 0.3) is 0 Å². The van der Waals surface area contributed by atoms with Gasteiger partial charge in [-0.3, -0.25) is 14.5 Å². The van der Waals surface area contributed by atoms with E-state index in [4.69, 9.17) is 11.6 Å². The highest BCUT2D eigenvalue weighted by Gasteiger charge is 2.29. The number of hydrogen-bond acceptors (Lipinski definition) is 4. The van der Waals surface area contributed by atoms with E-state index in [1.54, 1.807) is 16.7 Å². The Morgan fingerprint density at radius 1 is 1.09 bits per heavy atom. The number of amides is 2. The highest BCUT2D eigenvalue weighted by atomic mass is 35.5. The molecule has 0 aliphatic carbocycles. The first-order chi connectivity index (χ1) is 17.0. The Kier molecular flexibility index (Phi) is 7.14. The first-order valence-electron chi connectivity index (χ1n) is 12.0. The maximum absolute atomic E-state index is 13.7. The largest absolute Gasteiger partial charge is 0.350 e. The molecule has 0 bridgehead atoms. The van der Waals surface area contributed by atoms with Gasteiger partial charge in [0.1, 0.15) is 0 Å². The lowest BCUT2D eigenvalue weighted by Gasteiger charge is -2.25. The Labute approximate surface area is 215 Å². The van der Waals surface area contributed by atoms with Crippen LogP contribution in [0.1, 0.15) is 46.0 Å². The molecule has 2 aliphatic heterocycles. The van der Waals surface area contributed by atoms with E-state index in [0.717, 1.165) is 40.6 Å². The maximum Gasteiger partial charge on any atom is 0.259 e. The van der Waals surface area contributed by atoms with Crippen LogP contribution in [-0.2, 0) is 6.54 Å². The molecule has 1 fully saturated rings. The second kappa shape index (κ2) is 10.4. The molecule has 35 heavy (non-hydrogen) atoms. The van der Waals surface area contributed by atoms with E-state index in [-0.39, 0.29) is 11.8 Å². The molecule has 1 saturated heterocycles. The topological polar surface area (TPSA) is 52.7 Å². The molecule has 2 amide bonds. The molecule has 3 aromatic rings. The highest BCUT2D eigenvalue weighted by molar-refractivity contribution is 7.99. The lowest BCUT2D eigenvalue weighted by atomic mass is 10.1. The number of nitrogens with zero attached hydrogens (tertiary/aromatic N) is 2. The van der Waals surface area contributed by atoms with Crippen LogP contribution < -0.4 is 10.2 Å². The van der Waals surface area contributed by atoms with E-state index in [1.165, 1.54) is 6.42 Å². The van der Waals surface area contributed by atoms with Crippen LogP contribution in [0.3, 0.4) is 0 Å². The van der Waals surface area contributed by atoms with Crippen molar-refractivity contribution in [3.63, 3.8) is 0 Å². The fourth-order valence-electron chi connectivity index (χ4n) is 4.87. The average Bonchev–Trinajstić information content (AvgIpc) is 3.30. The zero-order valence-electron chi connectivity index (χ0n) is 19.7. The summed E-state index contributed by atoms with van der Waals surface area (Å²) in [6.45, 7) is 5.20. The molecule has 0 spiro atoms. The van der Waals surface area contributed by atoms with Crippen molar-refractivity contribution in [3.05, 3.63) is 88.4 Å². The molecular formula is C28H28ClN3O2S. The van der Waals surface area contributed by atoms with Gasteiger partial charge in [0.05, 0.1) is 17.8 Å². The van der Waals surface area contributed by atoms with E-state index in [0.29, 0.717) is 35.3 Å². The molecule has 3 aromatic carbocycles. The summed E-state index contributed by atoms with van der Waals surface area (Å²) >= 11 is 8.01. The first kappa shape index (κ1) is 23.9. The van der Waals surface area contributed by atoms with Gasteiger partial charge in [-0.2, -0.15) is 0 Å². The van der Waals surface area contributed by atoms with Gasteiger partial charge >= 0.3 is 0 Å². The van der Waals surface area contributed by atoms with Gasteiger partial charge in [-0.25, -0.2) is 0 Å². The third kappa shape index (κ3) is 4.96. The molecule has 5 nitrogen and oxygen atoms in total. The quantitative estimate of drug-likeness (QED) is 0.455. The van der Waals surface area contributed by atoms with Gasteiger partial charge in [0, 0.05) is 33.0 Å². The summed E-state index contributed by atoms with van der Waals surface area (Å²) in [5, 5.41) is 3.73. The summed E-state index contributed by atoms with van der Waals surface area (Å²) in [7, 11) is 0. The Morgan fingerprint density at radius 3 is 2.71 bits per heavy atom. The Hall–Kier alpha value is -2.80. The standard InChI is InChI=1S/C28H28ClN3O2S/c1-2-31-15-7-9-21(31)17-30-27(33)19-13-14-26-24(16-19)32(18-20-8-3-5-11-23(20)29)28(34)22-10-4-6-12-25(22)35-26/h3-6,8,10-14,16,21H,2,7,9,15,17-18H2,1H3,(H,30,33). The summed E-state index contributed by atoms with van der Waals surface area (Å²) in [6, 6.07) is 21.2. The number of carbonyl (C=O) groups excluding carboxylic acids is 2. The van der Waals surface area contributed by atoms with E-state index in [1.807, 2.05) is 66.7 Å². The normalized spacial score (nSPS) is 17.6. The molecule has 0 saturated carbocycles. The molecule has 1 N–H and O–H groups in total. The van der Waals surface area contributed by atoms with E-state index < -0.39 is 0 Å². The van der Waals surface area contributed by atoms with Crippen molar-refractivity contribution in [2.45, 2.75) is 42.1 Å². The summed E-state index contributed by atoms with van der Waals surface area (Å²) < 4.78 is 0. The summed E-state index contributed by atoms with van der Waals surface area (Å²) in [4.78, 5) is 32.8. The number of hydrogen-bond donors (Lipinski definition) is 1. The minimum atomic E-state index is -0.118. The van der Waals surface area contributed by atoms with E-state index in [9.17, 15) is 9.59 Å². The number of likely N-dealkylation sites (N-methyl/N-ethyl adjacent to an activating group) is 1. The van der Waals surface area contributed by atoms with Gasteiger partial charge in [-0.1, -0.05) is 60.6 Å². The number of rotatable bonds is 6. The van der Waals surface area contributed by atoms with Crippen LogP contribution in [0.5, 0.6) is 0 Å². The molecule has 2 aliphatic rings. The van der Waals surface area contributed by atoms with Crippen molar-refractivity contribution < 1.29 is 9.59 Å². The van der Waals surface area contributed by atoms with Crippen molar-refractivity contribution in [2.24, 2.45) is 0 Å². The summed E-state index contributed by atoms with van der Waals surface area (Å²) in [6.07, 6.45) is 2.28. The summed E-state index contributed by atoms with van der Waals surface area (Å²) in [5.74, 6) is -0.221. The van der Waals surface area contributed by atoms with E-state index >= 15 is 0 Å². The zero-order valence-corrected chi connectivity index (χ0v) is 21.2. The van der Waals surface area contributed by atoms with Crippen molar-refractivity contribution >= 4 is 40.9 Å². The summed E-state index contributed by atoms with van der Waals surface area (Å²) in [5.41, 5.74) is 2.77. The third-order valence-corrected chi connectivity index (χ3v) is 8.29. The third-order valence-electron chi connectivity index (χ3n) is 6.78. The SMILES string of the molecule is CCN1CCCC1CNC(=O)c1ccc2c(c1)N(Cc1ccccc1Cl)C(=O)c1ccccc1S2. The Bertz CT molecular complexity index is 1260. The smallest absolute Gasteiger partial charge is 0.259 e. The number of nitrogens with one attached hydrogen (secondary N) is 1. The molecule has 1 unspecified atom stereocenters. The van der Waals surface area contributed by atoms with Crippen molar-refractivity contribution in [2.75, 3.05) is 24.5 Å². The molecule has 0 radical (unpaired) electrons. The average molecular weight is 506 g/mol. The number of fused-ring (bicyclic) bond motifs is 2. The Balaban J connectivity index is 1.47. The minimum Gasteiger partial charge on any atom is -0.350 e. The minimum absolute atomic E-state index is 0.103. The second-order valence-corrected chi connectivity index (χ2v) is 10.4. The number of likely N-dealkylation sites (tertiary alicyclic amines) is 1. The highest BCUT2D eigenvalue weighted by Crippen LogP contribution is 2.42.